The summed E-state index contributed by atoms with van der Waals surface area (Å²) in [6.45, 7) is 8.16. The Morgan fingerprint density at radius 1 is 1.33 bits per heavy atom. The lowest BCUT2D eigenvalue weighted by Gasteiger charge is -2.38. The molecule has 72 valence electrons. The van der Waals surface area contributed by atoms with E-state index in [4.69, 9.17) is 0 Å². The number of unbranched alkanes of at least 4 members (excludes halogenated alkanes) is 1. The van der Waals surface area contributed by atoms with Gasteiger partial charge in [-0.15, -0.1) is 0 Å². The second-order valence-electron chi connectivity index (χ2n) is 4.48. The summed E-state index contributed by atoms with van der Waals surface area (Å²) >= 11 is 0. The van der Waals surface area contributed by atoms with Crippen molar-refractivity contribution in [2.75, 3.05) is 6.54 Å². The first-order valence-electron chi connectivity index (χ1n) is 5.47. The van der Waals surface area contributed by atoms with E-state index in [9.17, 15) is 0 Å². The first-order chi connectivity index (χ1) is 5.74. The zero-order chi connectivity index (χ0) is 8.97. The molecule has 0 aliphatic heterocycles. The third-order valence-corrected chi connectivity index (χ3v) is 3.08. The summed E-state index contributed by atoms with van der Waals surface area (Å²) in [5, 5.41) is 3.60. The van der Waals surface area contributed by atoms with Gasteiger partial charge in [-0.1, -0.05) is 27.2 Å². The molecule has 0 saturated heterocycles. The molecule has 1 rings (SSSR count). The van der Waals surface area contributed by atoms with E-state index in [1.54, 1.807) is 0 Å². The first-order valence-corrected chi connectivity index (χ1v) is 5.47. The van der Waals surface area contributed by atoms with E-state index in [0.717, 1.165) is 17.9 Å². The van der Waals surface area contributed by atoms with Gasteiger partial charge in [0.2, 0.25) is 0 Å². The molecule has 1 fully saturated rings. The van der Waals surface area contributed by atoms with E-state index >= 15 is 0 Å². The zero-order valence-electron chi connectivity index (χ0n) is 8.77. The maximum Gasteiger partial charge on any atom is 0.00725 e. The molecule has 0 bridgehead atoms. The van der Waals surface area contributed by atoms with Crippen LogP contribution in [0.3, 0.4) is 0 Å². The number of hydrogen-bond donors (Lipinski definition) is 1. The minimum absolute atomic E-state index is 0.851. The molecule has 0 unspecified atom stereocenters. The number of hydrogen-bond acceptors (Lipinski definition) is 1. The third-order valence-electron chi connectivity index (χ3n) is 3.08. The number of rotatable bonds is 5. The standard InChI is InChI=1S/C11H23N/c1-4-5-6-12-11-7-10(8-11)9(2)3/h9-12H,4-8H2,1-3H3. The van der Waals surface area contributed by atoms with Crippen molar-refractivity contribution in [3.05, 3.63) is 0 Å². The highest BCUT2D eigenvalue weighted by Gasteiger charge is 2.30. The minimum Gasteiger partial charge on any atom is -0.314 e. The van der Waals surface area contributed by atoms with Crippen LogP contribution in [0, 0.1) is 11.8 Å². The second kappa shape index (κ2) is 4.86. The smallest absolute Gasteiger partial charge is 0.00725 e. The molecule has 0 spiro atoms. The summed E-state index contributed by atoms with van der Waals surface area (Å²) in [6, 6.07) is 0.851. The van der Waals surface area contributed by atoms with E-state index in [0.29, 0.717) is 0 Å². The maximum atomic E-state index is 3.60. The predicted molar refractivity (Wildman–Crippen MR) is 54.3 cm³/mol. The Morgan fingerprint density at radius 2 is 2.00 bits per heavy atom. The lowest BCUT2D eigenvalue weighted by molar-refractivity contribution is 0.169. The fourth-order valence-electron chi connectivity index (χ4n) is 1.86. The predicted octanol–water partition coefficient (Wildman–Crippen LogP) is 2.81. The van der Waals surface area contributed by atoms with Gasteiger partial charge in [0.25, 0.3) is 0 Å². The van der Waals surface area contributed by atoms with Crippen molar-refractivity contribution in [3.8, 4) is 0 Å². The van der Waals surface area contributed by atoms with Crippen LogP contribution in [0.15, 0.2) is 0 Å². The topological polar surface area (TPSA) is 12.0 Å². The Balaban J connectivity index is 1.95. The summed E-state index contributed by atoms with van der Waals surface area (Å²) in [7, 11) is 0. The van der Waals surface area contributed by atoms with Crippen LogP contribution in [0.5, 0.6) is 0 Å². The van der Waals surface area contributed by atoms with Gasteiger partial charge in [-0.2, -0.15) is 0 Å². The average molecular weight is 169 g/mol. The average Bonchev–Trinajstić information content (AvgIpc) is 1.93. The lowest BCUT2D eigenvalue weighted by Crippen LogP contribution is -2.43. The molecule has 1 aliphatic rings. The summed E-state index contributed by atoms with van der Waals surface area (Å²) in [5.74, 6) is 1.90. The third kappa shape index (κ3) is 2.78. The molecule has 0 aromatic rings. The van der Waals surface area contributed by atoms with Gasteiger partial charge >= 0.3 is 0 Å². The molecule has 0 aromatic carbocycles. The lowest BCUT2D eigenvalue weighted by atomic mass is 9.74. The van der Waals surface area contributed by atoms with Crippen LogP contribution in [-0.4, -0.2) is 12.6 Å². The van der Waals surface area contributed by atoms with Crippen molar-refractivity contribution in [3.63, 3.8) is 0 Å². The van der Waals surface area contributed by atoms with E-state index in [1.807, 2.05) is 0 Å². The van der Waals surface area contributed by atoms with Crippen molar-refractivity contribution in [2.45, 2.75) is 52.5 Å². The van der Waals surface area contributed by atoms with Crippen LogP contribution in [0.4, 0.5) is 0 Å². The minimum atomic E-state index is 0.851. The monoisotopic (exact) mass is 169 g/mol. The zero-order valence-corrected chi connectivity index (χ0v) is 8.77. The molecule has 0 aromatic heterocycles. The van der Waals surface area contributed by atoms with Crippen LogP contribution in [-0.2, 0) is 0 Å². The molecule has 0 radical (unpaired) electrons. The molecule has 1 nitrogen and oxygen atoms in total. The summed E-state index contributed by atoms with van der Waals surface area (Å²) in [4.78, 5) is 0. The molecule has 1 N–H and O–H groups in total. The quantitative estimate of drug-likeness (QED) is 0.624. The molecule has 0 heterocycles. The van der Waals surface area contributed by atoms with E-state index in [1.165, 1.54) is 32.2 Å². The summed E-state index contributed by atoms with van der Waals surface area (Å²) in [5.41, 5.74) is 0. The summed E-state index contributed by atoms with van der Waals surface area (Å²) < 4.78 is 0. The SMILES string of the molecule is CCCCNC1CC(C(C)C)C1. The van der Waals surface area contributed by atoms with Crippen LogP contribution < -0.4 is 5.32 Å². The van der Waals surface area contributed by atoms with Crippen LogP contribution >= 0.6 is 0 Å². The van der Waals surface area contributed by atoms with E-state index in [2.05, 4.69) is 26.1 Å². The Labute approximate surface area is 76.9 Å². The Hall–Kier alpha value is -0.0400. The molecule has 1 saturated carbocycles. The van der Waals surface area contributed by atoms with Crippen molar-refractivity contribution >= 4 is 0 Å². The van der Waals surface area contributed by atoms with Gasteiger partial charge in [0.15, 0.2) is 0 Å². The van der Waals surface area contributed by atoms with E-state index in [-0.39, 0.29) is 0 Å². The maximum absolute atomic E-state index is 3.60. The highest BCUT2D eigenvalue weighted by Crippen LogP contribution is 2.33. The van der Waals surface area contributed by atoms with Crippen molar-refractivity contribution < 1.29 is 0 Å². The van der Waals surface area contributed by atoms with Gasteiger partial charge in [0, 0.05) is 6.04 Å². The largest absolute Gasteiger partial charge is 0.314 e. The highest BCUT2D eigenvalue weighted by atomic mass is 14.9. The Bertz CT molecular complexity index is 114. The molecular formula is C11H23N. The van der Waals surface area contributed by atoms with Gasteiger partial charge in [-0.05, 0) is 37.6 Å². The summed E-state index contributed by atoms with van der Waals surface area (Å²) in [6.07, 6.45) is 5.49. The Morgan fingerprint density at radius 3 is 2.50 bits per heavy atom. The highest BCUT2D eigenvalue weighted by molar-refractivity contribution is 4.86. The van der Waals surface area contributed by atoms with Gasteiger partial charge < -0.3 is 5.32 Å². The molecule has 1 heteroatoms. The molecule has 1 aliphatic carbocycles. The molecule has 12 heavy (non-hydrogen) atoms. The van der Waals surface area contributed by atoms with Crippen molar-refractivity contribution in [1.29, 1.82) is 0 Å². The van der Waals surface area contributed by atoms with Gasteiger partial charge in [0.1, 0.15) is 0 Å². The van der Waals surface area contributed by atoms with Crippen molar-refractivity contribution in [2.24, 2.45) is 11.8 Å². The fourth-order valence-corrected chi connectivity index (χ4v) is 1.86. The van der Waals surface area contributed by atoms with Gasteiger partial charge in [-0.25, -0.2) is 0 Å². The molecule has 0 amide bonds. The van der Waals surface area contributed by atoms with Crippen LogP contribution in [0.25, 0.3) is 0 Å². The van der Waals surface area contributed by atoms with E-state index < -0.39 is 0 Å². The fraction of sp³-hybridized carbons (Fsp3) is 1.00. The normalized spacial score (nSPS) is 29.0. The molecule has 0 atom stereocenters. The van der Waals surface area contributed by atoms with Crippen molar-refractivity contribution in [1.82, 2.24) is 5.32 Å². The van der Waals surface area contributed by atoms with Gasteiger partial charge in [-0.3, -0.25) is 0 Å². The van der Waals surface area contributed by atoms with Gasteiger partial charge in [0.05, 0.1) is 0 Å². The number of nitrogens with one attached hydrogen (secondary N) is 1. The van der Waals surface area contributed by atoms with Crippen LogP contribution in [0.2, 0.25) is 0 Å². The second-order valence-corrected chi connectivity index (χ2v) is 4.48. The Kier molecular flexibility index (Phi) is 4.07. The first kappa shape index (κ1) is 10.0. The van der Waals surface area contributed by atoms with Crippen LogP contribution in [0.1, 0.15) is 46.5 Å². The molecular weight excluding hydrogens is 146 g/mol.